The second-order valence-corrected chi connectivity index (χ2v) is 5.75. The second-order valence-electron chi connectivity index (χ2n) is 4.28. The zero-order chi connectivity index (χ0) is 14.8. The zero-order valence-electron chi connectivity index (χ0n) is 10.8. The Hall–Kier alpha value is -1.93. The first kappa shape index (κ1) is 14.0. The molecule has 2 aromatic rings. The van der Waals surface area contributed by atoms with Crippen molar-refractivity contribution in [1.82, 2.24) is 14.9 Å². The minimum atomic E-state index is -0.344. The Bertz CT molecular complexity index is 763. The van der Waals surface area contributed by atoms with Crippen LogP contribution in [0.5, 0.6) is 0 Å². The van der Waals surface area contributed by atoms with Gasteiger partial charge >= 0.3 is 0 Å². The standard InChI is InChI=1S/C13H11FN4OS2/c14-8-1-3-9(4-2-8)18-10(7-16-13(18)20)11(19)17-12-15-5-6-21-12/h1-4,7H,5-6H2,(H,16,20)(H,15,17,19). The topological polar surface area (TPSA) is 62.2 Å². The Morgan fingerprint density at radius 1 is 1.43 bits per heavy atom. The second kappa shape index (κ2) is 5.82. The Labute approximate surface area is 129 Å². The van der Waals surface area contributed by atoms with Crippen LogP contribution >= 0.6 is 24.0 Å². The molecule has 0 bridgehead atoms. The predicted molar refractivity (Wildman–Crippen MR) is 83.1 cm³/mol. The van der Waals surface area contributed by atoms with Crippen molar-refractivity contribution in [2.45, 2.75) is 0 Å². The lowest BCUT2D eigenvalue weighted by Gasteiger charge is -2.08. The number of rotatable bonds is 2. The average molecular weight is 322 g/mol. The number of halogens is 1. The number of amides is 1. The number of carbonyl (C=O) groups excluding carboxylic acids is 1. The van der Waals surface area contributed by atoms with Crippen LogP contribution in [0.15, 0.2) is 35.5 Å². The molecule has 21 heavy (non-hydrogen) atoms. The number of nitrogens with one attached hydrogen (secondary N) is 2. The maximum atomic E-state index is 13.0. The summed E-state index contributed by atoms with van der Waals surface area (Å²) in [5, 5.41) is 3.35. The van der Waals surface area contributed by atoms with Gasteiger partial charge in [-0.3, -0.25) is 19.7 Å². The van der Waals surface area contributed by atoms with E-state index in [0.717, 1.165) is 5.75 Å². The van der Waals surface area contributed by atoms with E-state index < -0.39 is 0 Å². The van der Waals surface area contributed by atoms with Crippen LogP contribution in [0.4, 0.5) is 4.39 Å². The minimum absolute atomic E-state index is 0.306. The summed E-state index contributed by atoms with van der Waals surface area (Å²) >= 11 is 6.69. The van der Waals surface area contributed by atoms with Crippen molar-refractivity contribution in [2.75, 3.05) is 12.3 Å². The van der Waals surface area contributed by atoms with Gasteiger partial charge in [-0.2, -0.15) is 0 Å². The summed E-state index contributed by atoms with van der Waals surface area (Å²) in [4.78, 5) is 19.3. The van der Waals surface area contributed by atoms with Gasteiger partial charge in [-0.05, 0) is 36.5 Å². The fourth-order valence-electron chi connectivity index (χ4n) is 1.95. The Morgan fingerprint density at radius 3 is 2.86 bits per heavy atom. The fourth-order valence-corrected chi connectivity index (χ4v) is 2.94. The van der Waals surface area contributed by atoms with Crippen LogP contribution in [0.1, 0.15) is 10.5 Å². The molecule has 8 heteroatoms. The molecule has 1 aromatic heterocycles. The summed E-state index contributed by atoms with van der Waals surface area (Å²) in [5.41, 5.74) is 0.968. The molecule has 2 N–H and O–H groups in total. The molecule has 0 fully saturated rings. The van der Waals surface area contributed by atoms with Crippen molar-refractivity contribution in [1.29, 1.82) is 0 Å². The van der Waals surface area contributed by atoms with E-state index in [2.05, 4.69) is 15.3 Å². The molecule has 3 rings (SSSR count). The van der Waals surface area contributed by atoms with Crippen molar-refractivity contribution in [2.24, 2.45) is 4.99 Å². The van der Waals surface area contributed by atoms with Gasteiger partial charge < -0.3 is 4.98 Å². The molecule has 1 aliphatic heterocycles. The average Bonchev–Trinajstić information content (AvgIpc) is 3.09. The van der Waals surface area contributed by atoms with Crippen molar-refractivity contribution in [3.8, 4) is 5.69 Å². The highest BCUT2D eigenvalue weighted by atomic mass is 32.2. The number of hydrogen-bond acceptors (Lipinski definition) is 4. The Kier molecular flexibility index (Phi) is 3.89. The van der Waals surface area contributed by atoms with Crippen LogP contribution in [0.25, 0.3) is 5.69 Å². The van der Waals surface area contributed by atoms with Gasteiger partial charge in [-0.15, -0.1) is 0 Å². The van der Waals surface area contributed by atoms with E-state index >= 15 is 0 Å². The van der Waals surface area contributed by atoms with Gasteiger partial charge in [0.2, 0.25) is 0 Å². The van der Waals surface area contributed by atoms with Gasteiger partial charge in [-0.1, -0.05) is 11.8 Å². The number of carbonyl (C=O) groups is 1. The maximum absolute atomic E-state index is 13.0. The first-order valence-corrected chi connectivity index (χ1v) is 7.59. The monoisotopic (exact) mass is 322 g/mol. The number of benzene rings is 1. The molecule has 0 aliphatic carbocycles. The third-order valence-electron chi connectivity index (χ3n) is 2.90. The van der Waals surface area contributed by atoms with Gasteiger partial charge in [0.05, 0.1) is 6.54 Å². The lowest BCUT2D eigenvalue weighted by Crippen LogP contribution is -2.29. The molecule has 5 nitrogen and oxygen atoms in total. The van der Waals surface area contributed by atoms with Gasteiger partial charge in [0, 0.05) is 17.6 Å². The number of aromatic amines is 1. The molecule has 1 aliphatic rings. The highest BCUT2D eigenvalue weighted by Crippen LogP contribution is 2.15. The van der Waals surface area contributed by atoms with Crippen molar-refractivity contribution in [3.63, 3.8) is 0 Å². The highest BCUT2D eigenvalue weighted by molar-refractivity contribution is 8.14. The summed E-state index contributed by atoms with van der Waals surface area (Å²) in [6, 6.07) is 5.78. The molecule has 0 unspecified atom stereocenters. The summed E-state index contributed by atoms with van der Waals surface area (Å²) < 4.78 is 14.9. The van der Waals surface area contributed by atoms with Crippen LogP contribution in [0.3, 0.4) is 0 Å². The molecule has 108 valence electrons. The van der Waals surface area contributed by atoms with E-state index in [1.165, 1.54) is 30.1 Å². The molecule has 1 amide bonds. The molecule has 0 radical (unpaired) electrons. The molecule has 0 atom stereocenters. The maximum Gasteiger partial charge on any atom is 0.275 e. The van der Waals surface area contributed by atoms with E-state index in [0.29, 0.717) is 27.9 Å². The third-order valence-corrected chi connectivity index (χ3v) is 4.09. The summed E-state index contributed by atoms with van der Waals surface area (Å²) in [5.74, 6) is 0.218. The largest absolute Gasteiger partial charge is 0.336 e. The van der Waals surface area contributed by atoms with Gasteiger partial charge in [0.1, 0.15) is 11.5 Å². The molecule has 0 spiro atoms. The minimum Gasteiger partial charge on any atom is -0.336 e. The number of aliphatic imine (C=N–C) groups is 1. The van der Waals surface area contributed by atoms with Crippen molar-refractivity contribution >= 4 is 35.1 Å². The van der Waals surface area contributed by atoms with Gasteiger partial charge in [0.15, 0.2) is 9.94 Å². The van der Waals surface area contributed by atoms with Gasteiger partial charge in [0.25, 0.3) is 5.91 Å². The van der Waals surface area contributed by atoms with Crippen LogP contribution in [-0.2, 0) is 0 Å². The predicted octanol–water partition coefficient (Wildman–Crippen LogP) is 2.51. The summed E-state index contributed by atoms with van der Waals surface area (Å²) in [7, 11) is 0. The fraction of sp³-hybridized carbons (Fsp3) is 0.154. The van der Waals surface area contributed by atoms with E-state index in [1.54, 1.807) is 16.7 Å². The van der Waals surface area contributed by atoms with Crippen LogP contribution in [-0.4, -0.2) is 32.9 Å². The molecular formula is C13H11FN4OS2. The lowest BCUT2D eigenvalue weighted by molar-refractivity contribution is 0.0971. The number of hydrogen-bond donors (Lipinski definition) is 2. The lowest BCUT2D eigenvalue weighted by atomic mass is 10.3. The molecular weight excluding hydrogens is 311 g/mol. The quantitative estimate of drug-likeness (QED) is 0.835. The Morgan fingerprint density at radius 2 is 2.19 bits per heavy atom. The van der Waals surface area contributed by atoms with E-state index in [4.69, 9.17) is 12.2 Å². The zero-order valence-corrected chi connectivity index (χ0v) is 12.4. The first-order valence-electron chi connectivity index (χ1n) is 6.20. The first-order chi connectivity index (χ1) is 10.1. The number of aromatic nitrogens is 2. The van der Waals surface area contributed by atoms with Crippen LogP contribution in [0.2, 0.25) is 0 Å². The number of thioether (sulfide) groups is 1. The normalized spacial score (nSPS) is 14.0. The molecule has 2 heterocycles. The number of nitrogens with zero attached hydrogens (tertiary/aromatic N) is 2. The number of imidazole rings is 1. The molecule has 0 saturated carbocycles. The molecule has 0 saturated heterocycles. The molecule has 1 aromatic carbocycles. The third kappa shape index (κ3) is 2.91. The van der Waals surface area contributed by atoms with Crippen LogP contribution < -0.4 is 5.32 Å². The Balaban J connectivity index is 1.94. The SMILES string of the molecule is O=C(NC1=NCCS1)c1c[nH]c(=S)n1-c1ccc(F)cc1. The van der Waals surface area contributed by atoms with E-state index in [1.807, 2.05) is 0 Å². The van der Waals surface area contributed by atoms with Gasteiger partial charge in [-0.25, -0.2) is 4.39 Å². The smallest absolute Gasteiger partial charge is 0.275 e. The van der Waals surface area contributed by atoms with Crippen molar-refractivity contribution < 1.29 is 9.18 Å². The summed E-state index contributed by atoms with van der Waals surface area (Å²) in [6.07, 6.45) is 1.53. The van der Waals surface area contributed by atoms with E-state index in [9.17, 15) is 9.18 Å². The highest BCUT2D eigenvalue weighted by Gasteiger charge is 2.17. The summed E-state index contributed by atoms with van der Waals surface area (Å²) in [6.45, 7) is 0.706. The van der Waals surface area contributed by atoms with E-state index in [-0.39, 0.29) is 11.7 Å². The number of H-pyrrole nitrogens is 1. The van der Waals surface area contributed by atoms with Crippen LogP contribution in [0, 0.1) is 10.6 Å². The van der Waals surface area contributed by atoms with Crippen molar-refractivity contribution in [3.05, 3.63) is 46.7 Å². The number of amidine groups is 1.